The van der Waals surface area contributed by atoms with E-state index in [1.807, 2.05) is 0 Å². The molecule has 0 saturated heterocycles. The van der Waals surface area contributed by atoms with Crippen LogP contribution in [0.4, 0.5) is 0 Å². The van der Waals surface area contributed by atoms with Crippen LogP contribution in [-0.2, 0) is 0 Å². The fraction of sp³-hybridized carbons (Fsp3) is 0. The lowest BCUT2D eigenvalue weighted by Crippen LogP contribution is -1.76. The first-order chi connectivity index (χ1) is 3.39. The molecule has 0 aliphatic rings. The van der Waals surface area contributed by atoms with Gasteiger partial charge in [0.15, 0.2) is 5.15 Å². The van der Waals surface area contributed by atoms with E-state index in [-0.39, 0.29) is 0 Å². The number of aromatic nitrogens is 2. The molecule has 1 aromatic rings. The highest BCUT2D eigenvalue weighted by Crippen LogP contribution is 1.95. The summed E-state index contributed by atoms with van der Waals surface area (Å²) in [6, 6.07) is 4.02. The molecule has 0 bridgehead atoms. The summed E-state index contributed by atoms with van der Waals surface area (Å²) in [6.45, 7) is 0. The summed E-state index contributed by atoms with van der Waals surface area (Å²) in [5.41, 5.74) is 0. The zero-order valence-corrected chi connectivity index (χ0v) is 4.11. The van der Waals surface area contributed by atoms with E-state index in [0.29, 0.717) is 5.15 Å². The largest absolute Gasteiger partial charge is 0.152 e. The Labute approximate surface area is 46.1 Å². The number of hydrogen-bond acceptors (Lipinski definition) is 2. The van der Waals surface area contributed by atoms with Crippen LogP contribution in [0.3, 0.4) is 0 Å². The molecule has 0 unspecified atom stereocenters. The van der Waals surface area contributed by atoms with Gasteiger partial charge < -0.3 is 0 Å². The Morgan fingerprint density at radius 3 is 2.86 bits per heavy atom. The molecule has 0 atom stereocenters. The third-order valence-corrected chi connectivity index (χ3v) is 0.636. The highest BCUT2D eigenvalue weighted by molar-refractivity contribution is 6.29. The molecule has 0 aliphatic carbocycles. The van der Waals surface area contributed by atoms with Gasteiger partial charge in [0.05, 0.1) is 0 Å². The Balaban J connectivity index is 3.02. The molecule has 2 radical (unpaired) electrons. The monoisotopic (exact) mass is 112 g/mol. The highest BCUT2D eigenvalue weighted by Gasteiger charge is 1.79. The second kappa shape index (κ2) is 1.89. The molecule has 0 aromatic carbocycles. The summed E-state index contributed by atoms with van der Waals surface area (Å²) in [6.07, 6.45) is 2.36. The van der Waals surface area contributed by atoms with Gasteiger partial charge in [-0.15, -0.1) is 10.2 Å². The average Bonchev–Trinajstić information content (AvgIpc) is 1.69. The van der Waals surface area contributed by atoms with Crippen LogP contribution >= 0.6 is 11.6 Å². The van der Waals surface area contributed by atoms with Gasteiger partial charge in [-0.3, -0.25) is 0 Å². The minimum Gasteiger partial charge on any atom is -0.147 e. The number of rotatable bonds is 0. The van der Waals surface area contributed by atoms with Crippen molar-refractivity contribution in [2.75, 3.05) is 0 Å². The summed E-state index contributed by atoms with van der Waals surface area (Å²) >= 11 is 5.31. The van der Waals surface area contributed by atoms with Crippen molar-refractivity contribution in [3.8, 4) is 0 Å². The second-order valence-electron chi connectivity index (χ2n) is 0.923. The Bertz CT molecular complexity index is 140. The maximum Gasteiger partial charge on any atom is 0.152 e. The molecule has 0 fully saturated rings. The van der Waals surface area contributed by atoms with Crippen molar-refractivity contribution in [2.45, 2.75) is 0 Å². The van der Waals surface area contributed by atoms with E-state index in [1.54, 1.807) is 0 Å². The van der Waals surface area contributed by atoms with E-state index in [1.165, 1.54) is 6.07 Å². The molecule has 0 aliphatic heterocycles. The van der Waals surface area contributed by atoms with Gasteiger partial charge in [-0.1, -0.05) is 11.6 Å². The van der Waals surface area contributed by atoms with Crippen LogP contribution in [0.5, 0.6) is 0 Å². The van der Waals surface area contributed by atoms with Crippen LogP contribution in [0.1, 0.15) is 0 Å². The first kappa shape index (κ1) is 4.53. The SMILES string of the molecule is Clc1c[c][c]nn1. The van der Waals surface area contributed by atoms with Crippen molar-refractivity contribution in [1.29, 1.82) is 0 Å². The summed E-state index contributed by atoms with van der Waals surface area (Å²) < 4.78 is 0. The number of nitrogens with zero attached hydrogens (tertiary/aromatic N) is 2. The van der Waals surface area contributed by atoms with Gasteiger partial charge in [0.25, 0.3) is 0 Å². The van der Waals surface area contributed by atoms with Crippen molar-refractivity contribution in [3.05, 3.63) is 23.5 Å². The standard InChI is InChI=1S/C4HClN2/c5-4-2-1-3-6-7-4/h2H. The van der Waals surface area contributed by atoms with E-state index in [4.69, 9.17) is 11.6 Å². The van der Waals surface area contributed by atoms with Crippen molar-refractivity contribution in [2.24, 2.45) is 0 Å². The predicted molar refractivity (Wildman–Crippen MR) is 24.7 cm³/mol. The second-order valence-corrected chi connectivity index (χ2v) is 1.31. The van der Waals surface area contributed by atoms with E-state index in [0.717, 1.165) is 0 Å². The molecule has 3 heteroatoms. The van der Waals surface area contributed by atoms with Crippen LogP contribution in [0.15, 0.2) is 6.07 Å². The first-order valence-corrected chi connectivity index (χ1v) is 2.04. The lowest BCUT2D eigenvalue weighted by molar-refractivity contribution is 1.02. The van der Waals surface area contributed by atoms with Crippen LogP contribution in [0.25, 0.3) is 0 Å². The van der Waals surface area contributed by atoms with Gasteiger partial charge in [-0.25, -0.2) is 0 Å². The average molecular weight is 113 g/mol. The van der Waals surface area contributed by atoms with Gasteiger partial charge in [-0.05, 0) is 6.07 Å². The molecular formula is C4HClN2. The van der Waals surface area contributed by atoms with Crippen molar-refractivity contribution in [1.82, 2.24) is 10.2 Å². The summed E-state index contributed by atoms with van der Waals surface area (Å²) in [4.78, 5) is 0. The van der Waals surface area contributed by atoms with Crippen molar-refractivity contribution >= 4 is 11.6 Å². The third-order valence-electron chi connectivity index (χ3n) is 0.451. The van der Waals surface area contributed by atoms with E-state index >= 15 is 0 Å². The van der Waals surface area contributed by atoms with Gasteiger partial charge in [0.2, 0.25) is 0 Å². The molecule has 0 saturated carbocycles. The Hall–Kier alpha value is -0.630. The highest BCUT2D eigenvalue weighted by atomic mass is 35.5. The topological polar surface area (TPSA) is 25.8 Å². The number of hydrogen-bond donors (Lipinski definition) is 0. The summed E-state index contributed by atoms with van der Waals surface area (Å²) in [5.74, 6) is 0. The molecule has 7 heavy (non-hydrogen) atoms. The van der Waals surface area contributed by atoms with E-state index in [2.05, 4.69) is 22.5 Å². The lowest BCUT2D eigenvalue weighted by Gasteiger charge is -1.76. The zero-order valence-electron chi connectivity index (χ0n) is 3.35. The van der Waals surface area contributed by atoms with Gasteiger partial charge in [0.1, 0.15) is 6.20 Å². The smallest absolute Gasteiger partial charge is 0.147 e. The Morgan fingerprint density at radius 1 is 1.71 bits per heavy atom. The molecule has 34 valence electrons. The maximum atomic E-state index is 5.31. The molecule has 0 N–H and O–H groups in total. The third kappa shape index (κ3) is 1.12. The summed E-state index contributed by atoms with van der Waals surface area (Å²) in [5, 5.41) is 7.08. The van der Waals surface area contributed by atoms with E-state index < -0.39 is 0 Å². The lowest BCUT2D eigenvalue weighted by atomic mass is 10.6. The van der Waals surface area contributed by atoms with Crippen LogP contribution < -0.4 is 0 Å². The molecular weight excluding hydrogens is 112 g/mol. The predicted octanol–water partition coefficient (Wildman–Crippen LogP) is 0.730. The fourth-order valence-corrected chi connectivity index (χ4v) is 0.315. The molecule has 1 heterocycles. The normalized spacial score (nSPS) is 8.71. The Morgan fingerprint density at radius 2 is 2.57 bits per heavy atom. The quantitative estimate of drug-likeness (QED) is 0.495. The van der Waals surface area contributed by atoms with Crippen LogP contribution in [-0.4, -0.2) is 10.2 Å². The van der Waals surface area contributed by atoms with Crippen molar-refractivity contribution in [3.63, 3.8) is 0 Å². The molecule has 0 amide bonds. The fourth-order valence-electron chi connectivity index (χ4n) is 0.222. The van der Waals surface area contributed by atoms with Gasteiger partial charge >= 0.3 is 0 Å². The molecule has 1 rings (SSSR count). The minimum absolute atomic E-state index is 0.346. The van der Waals surface area contributed by atoms with Crippen LogP contribution in [0, 0.1) is 12.3 Å². The first-order valence-electron chi connectivity index (χ1n) is 1.66. The number of halogens is 1. The maximum absolute atomic E-state index is 5.31. The Kier molecular flexibility index (Phi) is 1.22. The molecule has 1 aromatic heterocycles. The minimum atomic E-state index is 0.346. The zero-order chi connectivity index (χ0) is 5.11. The van der Waals surface area contributed by atoms with Gasteiger partial charge in [-0.2, -0.15) is 0 Å². The van der Waals surface area contributed by atoms with Gasteiger partial charge in [0, 0.05) is 6.07 Å². The molecule has 2 nitrogen and oxygen atoms in total. The summed E-state index contributed by atoms with van der Waals surface area (Å²) in [7, 11) is 0. The molecule has 0 spiro atoms. The van der Waals surface area contributed by atoms with E-state index in [9.17, 15) is 0 Å². The van der Waals surface area contributed by atoms with Crippen LogP contribution in [0.2, 0.25) is 5.15 Å². The van der Waals surface area contributed by atoms with Crippen molar-refractivity contribution < 1.29 is 0 Å².